The summed E-state index contributed by atoms with van der Waals surface area (Å²) in [7, 11) is 0. The lowest BCUT2D eigenvalue weighted by Crippen LogP contribution is -2.39. The molecule has 3 N–H and O–H groups in total. The summed E-state index contributed by atoms with van der Waals surface area (Å²) in [6.45, 7) is 1.02. The highest BCUT2D eigenvalue weighted by atomic mass is 19.1. The van der Waals surface area contributed by atoms with E-state index in [4.69, 9.17) is 5.73 Å². The van der Waals surface area contributed by atoms with Crippen molar-refractivity contribution in [2.24, 2.45) is 0 Å². The van der Waals surface area contributed by atoms with Crippen molar-refractivity contribution >= 4 is 23.6 Å². The van der Waals surface area contributed by atoms with Crippen LogP contribution in [-0.4, -0.2) is 29.0 Å². The van der Waals surface area contributed by atoms with Crippen LogP contribution in [0.15, 0.2) is 42.1 Å². The second-order valence-electron chi connectivity index (χ2n) is 5.86. The number of amides is 2. The lowest BCUT2D eigenvalue weighted by Gasteiger charge is -2.28. The van der Waals surface area contributed by atoms with Crippen molar-refractivity contribution in [2.45, 2.75) is 12.8 Å². The van der Waals surface area contributed by atoms with Crippen LogP contribution in [0.3, 0.4) is 0 Å². The number of carbonyl (C=O) groups excluding carboxylic acids is 1. The Bertz CT molecular complexity index is 795. The maximum absolute atomic E-state index is 13.7. The maximum Gasteiger partial charge on any atom is 0.321 e. The molecule has 0 saturated carbocycles. The van der Waals surface area contributed by atoms with Gasteiger partial charge < -0.3 is 16.0 Å². The first-order valence-corrected chi connectivity index (χ1v) is 7.93. The number of hydrogen-bond donors (Lipinski definition) is 2. The number of likely N-dealkylation sites (tertiary alicyclic amines) is 1. The lowest BCUT2D eigenvalue weighted by molar-refractivity contribution is 0.208. The quantitative estimate of drug-likeness (QED) is 0.873. The summed E-state index contributed by atoms with van der Waals surface area (Å²) in [5, 5.41) is 2.76. The van der Waals surface area contributed by atoms with E-state index < -0.39 is 11.6 Å². The van der Waals surface area contributed by atoms with Crippen molar-refractivity contribution in [1.82, 2.24) is 9.88 Å². The van der Waals surface area contributed by atoms with Crippen LogP contribution in [0.25, 0.3) is 6.08 Å². The molecule has 1 aliphatic rings. The number of anilines is 2. The average molecular weight is 344 g/mol. The van der Waals surface area contributed by atoms with E-state index in [-0.39, 0.29) is 11.6 Å². The van der Waals surface area contributed by atoms with Crippen LogP contribution in [-0.2, 0) is 0 Å². The zero-order valence-corrected chi connectivity index (χ0v) is 13.5. The summed E-state index contributed by atoms with van der Waals surface area (Å²) in [6, 6.07) is 6.46. The predicted octanol–water partition coefficient (Wildman–Crippen LogP) is 3.65. The Hall–Kier alpha value is -2.96. The summed E-state index contributed by atoms with van der Waals surface area (Å²) >= 11 is 0. The number of benzene rings is 1. The Kier molecular flexibility index (Phi) is 4.92. The zero-order chi connectivity index (χ0) is 17.8. The van der Waals surface area contributed by atoms with Gasteiger partial charge in [0.15, 0.2) is 0 Å². The molecule has 1 fully saturated rings. The third kappa shape index (κ3) is 4.32. The van der Waals surface area contributed by atoms with Gasteiger partial charge in [-0.15, -0.1) is 0 Å². The molecule has 130 valence electrons. The highest BCUT2D eigenvalue weighted by Crippen LogP contribution is 2.22. The normalized spacial score (nSPS) is 14.3. The van der Waals surface area contributed by atoms with Crippen molar-refractivity contribution in [2.75, 3.05) is 24.1 Å². The van der Waals surface area contributed by atoms with Gasteiger partial charge >= 0.3 is 6.03 Å². The van der Waals surface area contributed by atoms with Crippen LogP contribution in [0.4, 0.5) is 25.1 Å². The van der Waals surface area contributed by atoms with Crippen molar-refractivity contribution in [3.63, 3.8) is 0 Å². The highest BCUT2D eigenvalue weighted by Gasteiger charge is 2.19. The Morgan fingerprint density at radius 2 is 1.96 bits per heavy atom. The van der Waals surface area contributed by atoms with Gasteiger partial charge in [0.25, 0.3) is 0 Å². The molecule has 2 aromatic rings. The molecule has 25 heavy (non-hydrogen) atoms. The molecule has 0 bridgehead atoms. The molecular formula is C18H18F2N4O. The predicted molar refractivity (Wildman–Crippen MR) is 92.8 cm³/mol. The fourth-order valence-electron chi connectivity index (χ4n) is 2.67. The number of aromatic nitrogens is 1. The molecular weight excluding hydrogens is 326 g/mol. The van der Waals surface area contributed by atoms with E-state index in [2.05, 4.69) is 10.3 Å². The zero-order valence-electron chi connectivity index (χ0n) is 13.5. The van der Waals surface area contributed by atoms with Crippen LogP contribution >= 0.6 is 0 Å². The molecule has 2 heterocycles. The number of pyridine rings is 1. The minimum absolute atomic E-state index is 0.220. The molecule has 7 heteroatoms. The molecule has 5 nitrogen and oxygen atoms in total. The number of rotatable bonds is 2. The summed E-state index contributed by atoms with van der Waals surface area (Å²) in [6.07, 6.45) is 4.39. The van der Waals surface area contributed by atoms with Gasteiger partial charge in [0, 0.05) is 18.7 Å². The van der Waals surface area contributed by atoms with Crippen molar-refractivity contribution < 1.29 is 13.6 Å². The van der Waals surface area contributed by atoms with E-state index in [1.54, 1.807) is 23.1 Å². The van der Waals surface area contributed by atoms with Gasteiger partial charge in [-0.2, -0.15) is 0 Å². The monoisotopic (exact) mass is 344 g/mol. The van der Waals surface area contributed by atoms with E-state index >= 15 is 0 Å². The second kappa shape index (κ2) is 7.29. The summed E-state index contributed by atoms with van der Waals surface area (Å²) in [5.74, 6) is -0.539. The van der Waals surface area contributed by atoms with Crippen LogP contribution in [0.1, 0.15) is 18.4 Å². The Balaban J connectivity index is 1.59. The maximum atomic E-state index is 13.7. The largest absolute Gasteiger partial charge is 0.384 e. The molecule has 3 rings (SSSR count). The van der Waals surface area contributed by atoms with Gasteiger partial charge in [-0.1, -0.05) is 11.6 Å². The first kappa shape index (κ1) is 16.9. The van der Waals surface area contributed by atoms with Crippen LogP contribution in [0.2, 0.25) is 0 Å². The molecule has 0 spiro atoms. The Labute approximate surface area is 144 Å². The summed E-state index contributed by atoms with van der Waals surface area (Å²) < 4.78 is 26.9. The number of carbonyl (C=O) groups is 1. The van der Waals surface area contributed by atoms with E-state index in [1.165, 1.54) is 12.3 Å². The molecule has 0 radical (unpaired) electrons. The van der Waals surface area contributed by atoms with Gasteiger partial charge in [0.2, 0.25) is 0 Å². The molecule has 0 aliphatic carbocycles. The number of nitrogens with two attached hydrogens (primary N) is 1. The summed E-state index contributed by atoms with van der Waals surface area (Å²) in [5.41, 5.74) is 7.31. The van der Waals surface area contributed by atoms with E-state index in [0.717, 1.165) is 17.7 Å². The fourth-order valence-corrected chi connectivity index (χ4v) is 2.67. The summed E-state index contributed by atoms with van der Waals surface area (Å²) in [4.78, 5) is 17.8. The number of piperidine rings is 1. The molecule has 1 saturated heterocycles. The van der Waals surface area contributed by atoms with E-state index in [0.29, 0.717) is 37.4 Å². The number of nitrogens with zero attached hydrogens (tertiary/aromatic N) is 2. The number of nitrogen functional groups attached to an aromatic ring is 1. The Morgan fingerprint density at radius 3 is 2.64 bits per heavy atom. The van der Waals surface area contributed by atoms with Gasteiger partial charge in [-0.3, -0.25) is 0 Å². The van der Waals surface area contributed by atoms with Crippen LogP contribution in [0.5, 0.6) is 0 Å². The van der Waals surface area contributed by atoms with Crippen molar-refractivity contribution in [1.29, 1.82) is 0 Å². The van der Waals surface area contributed by atoms with Crippen molar-refractivity contribution in [3.8, 4) is 0 Å². The molecule has 0 atom stereocenters. The molecule has 2 amide bonds. The topological polar surface area (TPSA) is 71.2 Å². The van der Waals surface area contributed by atoms with Gasteiger partial charge in [-0.25, -0.2) is 18.6 Å². The van der Waals surface area contributed by atoms with Gasteiger partial charge in [0.1, 0.15) is 17.5 Å². The van der Waals surface area contributed by atoms with Gasteiger partial charge in [0.05, 0.1) is 11.9 Å². The molecule has 1 aromatic heterocycles. The first-order valence-electron chi connectivity index (χ1n) is 7.93. The van der Waals surface area contributed by atoms with Crippen LogP contribution in [0, 0.1) is 11.6 Å². The minimum Gasteiger partial charge on any atom is -0.384 e. The van der Waals surface area contributed by atoms with Crippen LogP contribution < -0.4 is 11.1 Å². The standard InChI is InChI=1S/C18H18F2N4O/c19-14-1-3-16(20)13(10-14)9-12-5-7-24(8-6-12)18(25)23-15-2-4-17(21)22-11-15/h1-4,9-11H,5-8H2,(H2,21,22)(H,23,25). The van der Waals surface area contributed by atoms with E-state index in [1.807, 2.05) is 0 Å². The third-order valence-corrected chi connectivity index (χ3v) is 4.05. The van der Waals surface area contributed by atoms with Gasteiger partial charge in [-0.05, 0) is 43.2 Å². The number of halogens is 2. The third-order valence-electron chi connectivity index (χ3n) is 4.05. The molecule has 0 unspecified atom stereocenters. The number of urea groups is 1. The highest BCUT2D eigenvalue weighted by molar-refractivity contribution is 5.89. The van der Waals surface area contributed by atoms with Crippen molar-refractivity contribution in [3.05, 3.63) is 59.3 Å². The first-order chi connectivity index (χ1) is 12.0. The Morgan fingerprint density at radius 1 is 1.20 bits per heavy atom. The fraction of sp³-hybridized carbons (Fsp3) is 0.222. The lowest BCUT2D eigenvalue weighted by atomic mass is 10.0. The average Bonchev–Trinajstić information content (AvgIpc) is 2.61. The smallest absolute Gasteiger partial charge is 0.321 e. The number of hydrogen-bond acceptors (Lipinski definition) is 3. The minimum atomic E-state index is -0.470. The molecule has 1 aliphatic heterocycles. The van der Waals surface area contributed by atoms with E-state index in [9.17, 15) is 13.6 Å². The SMILES string of the molecule is Nc1ccc(NC(=O)N2CCC(=Cc3cc(F)ccc3F)CC2)cn1. The number of nitrogens with one attached hydrogen (secondary N) is 1. The molecule has 1 aromatic carbocycles. The second-order valence-corrected chi connectivity index (χ2v) is 5.86.